The second-order valence-electron chi connectivity index (χ2n) is 4.86. The lowest BCUT2D eigenvalue weighted by Crippen LogP contribution is -2.29. The van der Waals surface area contributed by atoms with Crippen LogP contribution in [0, 0.1) is 6.92 Å². The molecule has 2 rings (SSSR count). The minimum absolute atomic E-state index is 0.0894. The molecule has 0 saturated heterocycles. The Balaban J connectivity index is 1.83. The molecule has 0 aliphatic heterocycles. The highest BCUT2D eigenvalue weighted by molar-refractivity contribution is 5.80. The van der Waals surface area contributed by atoms with Gasteiger partial charge in [0.1, 0.15) is 12.4 Å². The van der Waals surface area contributed by atoms with Gasteiger partial charge in [-0.05, 0) is 12.5 Å². The molecule has 0 aliphatic carbocycles. The number of nitrogens with zero attached hydrogens (tertiary/aromatic N) is 2. The van der Waals surface area contributed by atoms with E-state index in [2.05, 4.69) is 20.6 Å². The van der Waals surface area contributed by atoms with Crippen molar-refractivity contribution in [1.29, 1.82) is 0 Å². The summed E-state index contributed by atoms with van der Waals surface area (Å²) in [5.41, 5.74) is 1.89. The van der Waals surface area contributed by atoms with E-state index >= 15 is 0 Å². The van der Waals surface area contributed by atoms with Crippen LogP contribution in [0.4, 0.5) is 5.82 Å². The number of methoxy groups -OCH3 is 1. The van der Waals surface area contributed by atoms with E-state index in [-0.39, 0.29) is 12.5 Å². The topological polar surface area (TPSA) is 76.1 Å². The Kier molecular flexibility index (Phi) is 5.85. The highest BCUT2D eigenvalue weighted by atomic mass is 16.5. The largest absolute Gasteiger partial charge is 0.377 e. The first-order valence-electron chi connectivity index (χ1n) is 7.05. The molecule has 6 heteroatoms. The van der Waals surface area contributed by atoms with Gasteiger partial charge in [0, 0.05) is 25.4 Å². The molecule has 0 spiro atoms. The molecule has 1 aromatic carbocycles. The van der Waals surface area contributed by atoms with Crippen LogP contribution in [0.1, 0.15) is 17.1 Å². The molecule has 0 fully saturated rings. The third kappa shape index (κ3) is 5.14. The van der Waals surface area contributed by atoms with Crippen molar-refractivity contribution in [2.45, 2.75) is 20.1 Å². The maximum Gasteiger partial charge on any atom is 0.239 e. The zero-order valence-corrected chi connectivity index (χ0v) is 12.8. The number of ether oxygens (including phenoxy) is 1. The summed E-state index contributed by atoms with van der Waals surface area (Å²) in [6, 6.07) is 11.6. The number of hydrogen-bond acceptors (Lipinski definition) is 5. The molecule has 2 aromatic rings. The Morgan fingerprint density at radius 2 is 2.00 bits per heavy atom. The van der Waals surface area contributed by atoms with Crippen LogP contribution in [-0.2, 0) is 22.7 Å². The van der Waals surface area contributed by atoms with Gasteiger partial charge in [0.25, 0.3) is 0 Å². The third-order valence-electron chi connectivity index (χ3n) is 2.94. The molecular weight excluding hydrogens is 280 g/mol. The van der Waals surface area contributed by atoms with Gasteiger partial charge >= 0.3 is 0 Å². The van der Waals surface area contributed by atoms with Crippen molar-refractivity contribution in [3.8, 4) is 0 Å². The van der Waals surface area contributed by atoms with Gasteiger partial charge in [-0.1, -0.05) is 30.3 Å². The maximum absolute atomic E-state index is 11.8. The molecule has 0 saturated carbocycles. The van der Waals surface area contributed by atoms with Crippen LogP contribution < -0.4 is 10.6 Å². The molecule has 0 aliphatic rings. The van der Waals surface area contributed by atoms with E-state index in [9.17, 15) is 4.79 Å². The SMILES string of the molecule is COCc1nc(C)cc(NCC(=O)NCc2ccccc2)n1. The predicted molar refractivity (Wildman–Crippen MR) is 84.3 cm³/mol. The van der Waals surface area contributed by atoms with Crippen molar-refractivity contribution in [3.05, 3.63) is 53.5 Å². The summed E-state index contributed by atoms with van der Waals surface area (Å²) >= 11 is 0. The van der Waals surface area contributed by atoms with Gasteiger partial charge in [-0.2, -0.15) is 0 Å². The van der Waals surface area contributed by atoms with Crippen molar-refractivity contribution >= 4 is 11.7 Å². The number of carbonyl (C=O) groups is 1. The molecule has 0 atom stereocenters. The highest BCUT2D eigenvalue weighted by Crippen LogP contribution is 2.06. The average molecular weight is 300 g/mol. The van der Waals surface area contributed by atoms with E-state index in [4.69, 9.17) is 4.74 Å². The fourth-order valence-electron chi connectivity index (χ4n) is 1.94. The van der Waals surface area contributed by atoms with Crippen molar-refractivity contribution < 1.29 is 9.53 Å². The molecular formula is C16H20N4O2. The van der Waals surface area contributed by atoms with E-state index in [1.165, 1.54) is 0 Å². The Hall–Kier alpha value is -2.47. The van der Waals surface area contributed by atoms with E-state index in [1.54, 1.807) is 13.2 Å². The maximum atomic E-state index is 11.8. The van der Waals surface area contributed by atoms with Crippen LogP contribution in [0.25, 0.3) is 0 Å². The number of benzene rings is 1. The first kappa shape index (κ1) is 15.9. The lowest BCUT2D eigenvalue weighted by molar-refractivity contribution is -0.119. The van der Waals surface area contributed by atoms with Crippen LogP contribution in [0.3, 0.4) is 0 Å². The Morgan fingerprint density at radius 1 is 1.23 bits per heavy atom. The molecule has 1 amide bonds. The van der Waals surface area contributed by atoms with Gasteiger partial charge in [-0.25, -0.2) is 9.97 Å². The lowest BCUT2D eigenvalue weighted by atomic mass is 10.2. The number of amides is 1. The quantitative estimate of drug-likeness (QED) is 0.813. The molecule has 22 heavy (non-hydrogen) atoms. The number of aryl methyl sites for hydroxylation is 1. The predicted octanol–water partition coefficient (Wildman–Crippen LogP) is 1.66. The van der Waals surface area contributed by atoms with Gasteiger partial charge in [-0.15, -0.1) is 0 Å². The Bertz CT molecular complexity index is 617. The van der Waals surface area contributed by atoms with Gasteiger partial charge in [-0.3, -0.25) is 4.79 Å². The highest BCUT2D eigenvalue weighted by Gasteiger charge is 2.05. The van der Waals surface area contributed by atoms with E-state index < -0.39 is 0 Å². The zero-order chi connectivity index (χ0) is 15.8. The van der Waals surface area contributed by atoms with Crippen molar-refractivity contribution in [1.82, 2.24) is 15.3 Å². The van der Waals surface area contributed by atoms with Crippen LogP contribution in [0.15, 0.2) is 36.4 Å². The average Bonchev–Trinajstić information content (AvgIpc) is 2.52. The molecule has 0 unspecified atom stereocenters. The number of nitrogens with one attached hydrogen (secondary N) is 2. The van der Waals surface area contributed by atoms with Crippen LogP contribution >= 0.6 is 0 Å². The summed E-state index contributed by atoms with van der Waals surface area (Å²) in [5.74, 6) is 1.12. The first-order valence-corrected chi connectivity index (χ1v) is 7.05. The summed E-state index contributed by atoms with van der Waals surface area (Å²) in [4.78, 5) is 20.4. The summed E-state index contributed by atoms with van der Waals surface area (Å²) in [6.07, 6.45) is 0. The van der Waals surface area contributed by atoms with Crippen molar-refractivity contribution in [2.75, 3.05) is 19.0 Å². The fourth-order valence-corrected chi connectivity index (χ4v) is 1.94. The fraction of sp³-hybridized carbons (Fsp3) is 0.312. The van der Waals surface area contributed by atoms with Crippen molar-refractivity contribution in [2.24, 2.45) is 0 Å². The van der Waals surface area contributed by atoms with E-state index in [1.807, 2.05) is 37.3 Å². The van der Waals surface area contributed by atoms with Gasteiger partial charge in [0.15, 0.2) is 5.82 Å². The molecule has 2 N–H and O–H groups in total. The monoisotopic (exact) mass is 300 g/mol. The minimum Gasteiger partial charge on any atom is -0.377 e. The molecule has 1 aromatic heterocycles. The zero-order valence-electron chi connectivity index (χ0n) is 12.8. The van der Waals surface area contributed by atoms with Crippen LogP contribution in [-0.4, -0.2) is 29.5 Å². The number of rotatable bonds is 7. The van der Waals surface area contributed by atoms with Crippen LogP contribution in [0.2, 0.25) is 0 Å². The summed E-state index contributed by atoms with van der Waals surface area (Å²) in [7, 11) is 1.59. The second kappa shape index (κ2) is 8.09. The Labute approximate surface area is 129 Å². The summed E-state index contributed by atoms with van der Waals surface area (Å²) < 4.78 is 5.02. The Morgan fingerprint density at radius 3 is 2.73 bits per heavy atom. The second-order valence-corrected chi connectivity index (χ2v) is 4.86. The van der Waals surface area contributed by atoms with Gasteiger partial charge in [0.05, 0.1) is 6.54 Å². The number of hydrogen-bond donors (Lipinski definition) is 2. The van der Waals surface area contributed by atoms with Crippen LogP contribution in [0.5, 0.6) is 0 Å². The normalized spacial score (nSPS) is 10.3. The summed E-state index contributed by atoms with van der Waals surface area (Å²) in [6.45, 7) is 2.90. The molecule has 0 bridgehead atoms. The van der Waals surface area contributed by atoms with E-state index in [0.29, 0.717) is 24.8 Å². The number of anilines is 1. The number of aromatic nitrogens is 2. The lowest BCUT2D eigenvalue weighted by Gasteiger charge is -2.09. The van der Waals surface area contributed by atoms with Crippen molar-refractivity contribution in [3.63, 3.8) is 0 Å². The standard InChI is InChI=1S/C16H20N4O2/c1-12-8-14(20-15(19-12)11-22-2)17-10-16(21)18-9-13-6-4-3-5-7-13/h3-8H,9-11H2,1-2H3,(H,18,21)(H,17,19,20). The smallest absolute Gasteiger partial charge is 0.239 e. The summed E-state index contributed by atoms with van der Waals surface area (Å²) in [5, 5.41) is 5.86. The first-order chi connectivity index (χ1) is 10.7. The molecule has 6 nitrogen and oxygen atoms in total. The molecule has 116 valence electrons. The van der Waals surface area contributed by atoms with Gasteiger partial charge < -0.3 is 15.4 Å². The minimum atomic E-state index is -0.0894. The molecule has 1 heterocycles. The number of carbonyl (C=O) groups excluding carboxylic acids is 1. The van der Waals surface area contributed by atoms with Gasteiger partial charge in [0.2, 0.25) is 5.91 Å². The van der Waals surface area contributed by atoms with E-state index in [0.717, 1.165) is 11.3 Å². The molecule has 0 radical (unpaired) electrons. The third-order valence-corrected chi connectivity index (χ3v) is 2.94.